The molecule has 0 spiro atoms. The summed E-state index contributed by atoms with van der Waals surface area (Å²) >= 11 is 0. The van der Waals surface area contributed by atoms with Crippen molar-refractivity contribution in [3.8, 4) is 0 Å². The van der Waals surface area contributed by atoms with E-state index in [1.165, 1.54) is 0 Å². The molecule has 1 aromatic carbocycles. The van der Waals surface area contributed by atoms with Crippen LogP contribution in [0.4, 0.5) is 4.39 Å². The number of aliphatic hydroxyl groups excluding tert-OH is 1. The Morgan fingerprint density at radius 2 is 2.14 bits per heavy atom. The van der Waals surface area contributed by atoms with E-state index in [1.54, 1.807) is 25.1 Å². The molecule has 2 aromatic rings. The van der Waals surface area contributed by atoms with Gasteiger partial charge in [0.2, 0.25) is 0 Å². The van der Waals surface area contributed by atoms with Gasteiger partial charge < -0.3 is 10.1 Å². The summed E-state index contributed by atoms with van der Waals surface area (Å²) in [7, 11) is 0. The number of nitrogens with one attached hydrogen (secondary N) is 1. The number of aliphatic hydroxyl groups is 1. The van der Waals surface area contributed by atoms with Crippen LogP contribution in [-0.4, -0.2) is 10.1 Å². The van der Waals surface area contributed by atoms with Gasteiger partial charge in [0.15, 0.2) is 0 Å². The molecule has 0 saturated carbocycles. The summed E-state index contributed by atoms with van der Waals surface area (Å²) in [6, 6.07) is 5.14. The Morgan fingerprint density at radius 1 is 1.43 bits per heavy atom. The minimum absolute atomic E-state index is 0.332. The van der Waals surface area contributed by atoms with Gasteiger partial charge in [0.05, 0.1) is 6.10 Å². The van der Waals surface area contributed by atoms with Gasteiger partial charge in [0.1, 0.15) is 5.82 Å². The predicted molar refractivity (Wildman–Crippen MR) is 53.6 cm³/mol. The molecular weight excluding hydrogens is 181 g/mol. The first-order valence-electron chi connectivity index (χ1n) is 4.55. The van der Waals surface area contributed by atoms with Gasteiger partial charge in [-0.2, -0.15) is 0 Å². The van der Waals surface area contributed by atoms with Crippen molar-refractivity contribution in [2.45, 2.75) is 20.0 Å². The Kier molecular flexibility index (Phi) is 2.04. The molecule has 1 heterocycles. The van der Waals surface area contributed by atoms with Gasteiger partial charge in [-0.3, -0.25) is 0 Å². The Labute approximate surface area is 81.4 Å². The SMILES string of the molecule is Cc1cc2c(F)c(C(C)O)ccc2[nH]1. The Balaban J connectivity index is 2.74. The lowest BCUT2D eigenvalue weighted by molar-refractivity contribution is 0.194. The summed E-state index contributed by atoms with van der Waals surface area (Å²) < 4.78 is 13.8. The molecule has 0 radical (unpaired) electrons. The molecule has 2 N–H and O–H groups in total. The molecule has 0 aliphatic heterocycles. The van der Waals surface area contributed by atoms with Crippen LogP contribution >= 0.6 is 0 Å². The standard InChI is InChI=1S/C11H12FNO/c1-6-5-9-10(13-6)4-3-8(7(2)14)11(9)12/h3-5,7,13-14H,1-2H3. The van der Waals surface area contributed by atoms with E-state index < -0.39 is 6.10 Å². The number of H-pyrrole nitrogens is 1. The summed E-state index contributed by atoms with van der Waals surface area (Å²) in [6.45, 7) is 3.44. The summed E-state index contributed by atoms with van der Waals surface area (Å²) in [5.74, 6) is -0.332. The summed E-state index contributed by atoms with van der Waals surface area (Å²) in [5.41, 5.74) is 2.03. The molecule has 0 aliphatic rings. The Hall–Kier alpha value is -1.35. The molecule has 1 aromatic heterocycles. The molecule has 0 aliphatic carbocycles. The molecule has 0 saturated heterocycles. The molecule has 0 bridgehead atoms. The molecule has 2 rings (SSSR count). The fourth-order valence-electron chi connectivity index (χ4n) is 1.65. The highest BCUT2D eigenvalue weighted by Gasteiger charge is 2.12. The van der Waals surface area contributed by atoms with Gasteiger partial charge in [-0.15, -0.1) is 0 Å². The minimum Gasteiger partial charge on any atom is -0.389 e. The number of aromatic nitrogens is 1. The van der Waals surface area contributed by atoms with Crippen LogP contribution in [0.15, 0.2) is 18.2 Å². The number of rotatable bonds is 1. The van der Waals surface area contributed by atoms with E-state index >= 15 is 0 Å². The normalized spacial score (nSPS) is 13.4. The number of fused-ring (bicyclic) bond motifs is 1. The molecule has 1 atom stereocenters. The molecule has 14 heavy (non-hydrogen) atoms. The second-order valence-electron chi connectivity index (χ2n) is 3.56. The van der Waals surface area contributed by atoms with Gasteiger partial charge in [-0.25, -0.2) is 4.39 Å². The molecule has 74 valence electrons. The minimum atomic E-state index is -0.769. The third-order valence-corrected chi connectivity index (χ3v) is 2.35. The van der Waals surface area contributed by atoms with E-state index in [0.717, 1.165) is 11.2 Å². The first kappa shape index (κ1) is 9.21. The average Bonchev–Trinajstić information content (AvgIpc) is 2.46. The van der Waals surface area contributed by atoms with E-state index in [9.17, 15) is 9.50 Å². The zero-order valence-corrected chi connectivity index (χ0v) is 8.13. The van der Waals surface area contributed by atoms with Crippen LogP contribution in [0, 0.1) is 12.7 Å². The number of hydrogen-bond acceptors (Lipinski definition) is 1. The van der Waals surface area contributed by atoms with E-state index in [4.69, 9.17) is 0 Å². The fraction of sp³-hybridized carbons (Fsp3) is 0.273. The number of hydrogen-bond donors (Lipinski definition) is 2. The van der Waals surface area contributed by atoms with E-state index in [1.807, 2.05) is 6.92 Å². The van der Waals surface area contributed by atoms with Crippen molar-refractivity contribution >= 4 is 10.9 Å². The molecule has 3 heteroatoms. The zero-order valence-electron chi connectivity index (χ0n) is 8.13. The number of halogens is 1. The van der Waals surface area contributed by atoms with Gasteiger partial charge in [-0.05, 0) is 26.0 Å². The van der Waals surface area contributed by atoms with Crippen LogP contribution < -0.4 is 0 Å². The second kappa shape index (κ2) is 3.10. The molecule has 2 nitrogen and oxygen atoms in total. The van der Waals surface area contributed by atoms with Gasteiger partial charge in [0, 0.05) is 22.2 Å². The van der Waals surface area contributed by atoms with Crippen LogP contribution in [0.5, 0.6) is 0 Å². The summed E-state index contributed by atoms with van der Waals surface area (Å²) in [6.07, 6.45) is -0.769. The van der Waals surface area contributed by atoms with Crippen molar-refractivity contribution in [2.75, 3.05) is 0 Å². The maximum atomic E-state index is 13.8. The highest BCUT2D eigenvalue weighted by Crippen LogP contribution is 2.25. The topological polar surface area (TPSA) is 36.0 Å². The summed E-state index contributed by atoms with van der Waals surface area (Å²) in [4.78, 5) is 3.04. The predicted octanol–water partition coefficient (Wildman–Crippen LogP) is 2.67. The molecule has 0 fully saturated rings. The first-order chi connectivity index (χ1) is 6.59. The third-order valence-electron chi connectivity index (χ3n) is 2.35. The molecule has 1 unspecified atom stereocenters. The van der Waals surface area contributed by atoms with E-state index in [-0.39, 0.29) is 5.82 Å². The van der Waals surface area contributed by atoms with Crippen molar-refractivity contribution in [1.29, 1.82) is 0 Å². The van der Waals surface area contributed by atoms with Crippen LogP contribution in [0.3, 0.4) is 0 Å². The number of aryl methyl sites for hydroxylation is 1. The van der Waals surface area contributed by atoms with Crippen molar-refractivity contribution in [3.63, 3.8) is 0 Å². The highest BCUT2D eigenvalue weighted by molar-refractivity contribution is 5.82. The lowest BCUT2D eigenvalue weighted by atomic mass is 10.1. The maximum absolute atomic E-state index is 13.8. The highest BCUT2D eigenvalue weighted by atomic mass is 19.1. The van der Waals surface area contributed by atoms with Crippen molar-refractivity contribution < 1.29 is 9.50 Å². The van der Waals surface area contributed by atoms with Crippen molar-refractivity contribution in [3.05, 3.63) is 35.3 Å². The first-order valence-corrected chi connectivity index (χ1v) is 4.55. The van der Waals surface area contributed by atoms with Crippen LogP contribution in [0.2, 0.25) is 0 Å². The van der Waals surface area contributed by atoms with E-state index in [2.05, 4.69) is 4.98 Å². The van der Waals surface area contributed by atoms with Crippen molar-refractivity contribution in [1.82, 2.24) is 4.98 Å². The molecular formula is C11H12FNO. The summed E-state index contributed by atoms with van der Waals surface area (Å²) in [5, 5.41) is 9.86. The largest absolute Gasteiger partial charge is 0.389 e. The van der Waals surface area contributed by atoms with Crippen molar-refractivity contribution in [2.24, 2.45) is 0 Å². The fourth-order valence-corrected chi connectivity index (χ4v) is 1.65. The Morgan fingerprint density at radius 3 is 2.79 bits per heavy atom. The molecule has 0 amide bonds. The quantitative estimate of drug-likeness (QED) is 0.717. The number of benzene rings is 1. The third kappa shape index (κ3) is 1.30. The van der Waals surface area contributed by atoms with Crippen LogP contribution in [0.1, 0.15) is 24.3 Å². The number of aromatic amines is 1. The van der Waals surface area contributed by atoms with Crippen LogP contribution in [0.25, 0.3) is 10.9 Å². The van der Waals surface area contributed by atoms with Crippen LogP contribution in [-0.2, 0) is 0 Å². The lowest BCUT2D eigenvalue weighted by Crippen LogP contribution is -1.95. The smallest absolute Gasteiger partial charge is 0.138 e. The van der Waals surface area contributed by atoms with E-state index in [0.29, 0.717) is 10.9 Å². The average molecular weight is 193 g/mol. The Bertz CT molecular complexity index is 473. The monoisotopic (exact) mass is 193 g/mol. The zero-order chi connectivity index (χ0) is 10.3. The van der Waals surface area contributed by atoms with Gasteiger partial charge in [-0.1, -0.05) is 6.07 Å². The lowest BCUT2D eigenvalue weighted by Gasteiger charge is -2.06. The van der Waals surface area contributed by atoms with Gasteiger partial charge in [0.25, 0.3) is 0 Å². The van der Waals surface area contributed by atoms with Gasteiger partial charge >= 0.3 is 0 Å². The second-order valence-corrected chi connectivity index (χ2v) is 3.56. The maximum Gasteiger partial charge on any atom is 0.138 e.